The summed E-state index contributed by atoms with van der Waals surface area (Å²) in [6.07, 6.45) is 3.11. The third kappa shape index (κ3) is 2.21. The normalized spacial score (nSPS) is 16.4. The topological polar surface area (TPSA) is 36.3 Å². The van der Waals surface area contributed by atoms with Crippen molar-refractivity contribution in [2.75, 3.05) is 18.6 Å². The van der Waals surface area contributed by atoms with Crippen LogP contribution in [0.4, 0.5) is 5.69 Å². The third-order valence-corrected chi connectivity index (χ3v) is 3.30. The fourth-order valence-electron chi connectivity index (χ4n) is 1.97. The van der Waals surface area contributed by atoms with Gasteiger partial charge in [0, 0.05) is 17.4 Å². The molecule has 0 radical (unpaired) electrons. The number of hydrogen-bond acceptors (Lipinski definition) is 2. The second-order valence-corrected chi connectivity index (χ2v) is 4.79. The standard InChI is InChI=1S/C12H15BrN2O/c1-16-11-6-5-9(13)8-10(11)15-7-3-2-4-12(15)14/h5-6,8,14H,2-4,7H2,1H3. The predicted octanol–water partition coefficient (Wildman–Crippen LogP) is 3.43. The lowest BCUT2D eigenvalue weighted by Crippen LogP contribution is -2.34. The average Bonchev–Trinajstić information content (AvgIpc) is 2.29. The van der Waals surface area contributed by atoms with Gasteiger partial charge in [-0.2, -0.15) is 0 Å². The van der Waals surface area contributed by atoms with E-state index in [0.29, 0.717) is 5.84 Å². The maximum absolute atomic E-state index is 7.98. The molecule has 1 saturated heterocycles. The van der Waals surface area contributed by atoms with Gasteiger partial charge in [-0.25, -0.2) is 0 Å². The van der Waals surface area contributed by atoms with Gasteiger partial charge < -0.3 is 9.64 Å². The second-order valence-electron chi connectivity index (χ2n) is 3.87. The molecule has 0 saturated carbocycles. The van der Waals surface area contributed by atoms with E-state index in [1.807, 2.05) is 23.1 Å². The van der Waals surface area contributed by atoms with Gasteiger partial charge in [-0.3, -0.25) is 5.41 Å². The number of nitrogens with one attached hydrogen (secondary N) is 1. The van der Waals surface area contributed by atoms with E-state index in [2.05, 4.69) is 15.9 Å². The number of nitrogens with zero attached hydrogens (tertiary/aromatic N) is 1. The lowest BCUT2D eigenvalue weighted by atomic mass is 10.1. The van der Waals surface area contributed by atoms with Crippen molar-refractivity contribution in [1.82, 2.24) is 0 Å². The van der Waals surface area contributed by atoms with Crippen LogP contribution in [0.3, 0.4) is 0 Å². The number of halogens is 1. The Kier molecular flexibility index (Phi) is 3.49. The Bertz CT molecular complexity index is 406. The Labute approximate surface area is 104 Å². The maximum Gasteiger partial charge on any atom is 0.142 e. The monoisotopic (exact) mass is 282 g/mol. The average molecular weight is 283 g/mol. The molecule has 0 aliphatic carbocycles. The molecule has 1 aromatic rings. The summed E-state index contributed by atoms with van der Waals surface area (Å²) in [7, 11) is 1.67. The second kappa shape index (κ2) is 4.87. The molecule has 1 aromatic carbocycles. The first-order chi connectivity index (χ1) is 7.72. The van der Waals surface area contributed by atoms with Crippen molar-refractivity contribution in [3.8, 4) is 5.75 Å². The molecule has 1 aliphatic heterocycles. The minimum absolute atomic E-state index is 0.683. The Morgan fingerprint density at radius 1 is 1.38 bits per heavy atom. The number of benzene rings is 1. The highest BCUT2D eigenvalue weighted by atomic mass is 79.9. The van der Waals surface area contributed by atoms with Crippen LogP contribution in [0.5, 0.6) is 5.75 Å². The summed E-state index contributed by atoms with van der Waals surface area (Å²) in [6.45, 7) is 0.908. The molecule has 0 aromatic heterocycles. The van der Waals surface area contributed by atoms with E-state index < -0.39 is 0 Å². The van der Waals surface area contributed by atoms with E-state index in [-0.39, 0.29) is 0 Å². The summed E-state index contributed by atoms with van der Waals surface area (Å²) < 4.78 is 6.36. The van der Waals surface area contributed by atoms with Crippen LogP contribution in [-0.2, 0) is 0 Å². The van der Waals surface area contributed by atoms with Crippen LogP contribution < -0.4 is 9.64 Å². The fraction of sp³-hybridized carbons (Fsp3) is 0.417. The largest absolute Gasteiger partial charge is 0.495 e. The molecular formula is C12H15BrN2O. The zero-order chi connectivity index (χ0) is 11.5. The quantitative estimate of drug-likeness (QED) is 0.902. The maximum atomic E-state index is 7.98. The molecule has 1 aliphatic rings. The van der Waals surface area contributed by atoms with Crippen LogP contribution in [-0.4, -0.2) is 19.5 Å². The molecule has 1 fully saturated rings. The molecule has 3 nitrogen and oxygen atoms in total. The molecule has 86 valence electrons. The molecular weight excluding hydrogens is 268 g/mol. The van der Waals surface area contributed by atoms with E-state index in [1.54, 1.807) is 7.11 Å². The van der Waals surface area contributed by atoms with Crippen molar-refractivity contribution in [3.05, 3.63) is 22.7 Å². The van der Waals surface area contributed by atoms with E-state index in [9.17, 15) is 0 Å². The van der Waals surface area contributed by atoms with Gasteiger partial charge in [0.05, 0.1) is 12.8 Å². The number of hydrogen-bond donors (Lipinski definition) is 1. The van der Waals surface area contributed by atoms with Crippen molar-refractivity contribution in [2.24, 2.45) is 0 Å². The van der Waals surface area contributed by atoms with Crippen molar-refractivity contribution < 1.29 is 4.74 Å². The van der Waals surface area contributed by atoms with Crippen molar-refractivity contribution in [1.29, 1.82) is 5.41 Å². The molecule has 0 amide bonds. The van der Waals surface area contributed by atoms with Crippen LogP contribution in [0.15, 0.2) is 22.7 Å². The minimum atomic E-state index is 0.683. The van der Waals surface area contributed by atoms with E-state index in [0.717, 1.165) is 41.7 Å². The Balaban J connectivity index is 2.36. The summed E-state index contributed by atoms with van der Waals surface area (Å²) in [4.78, 5) is 2.03. The van der Waals surface area contributed by atoms with Crippen LogP contribution in [0, 0.1) is 5.41 Å². The van der Waals surface area contributed by atoms with E-state index in [1.165, 1.54) is 0 Å². The molecule has 0 bridgehead atoms. The van der Waals surface area contributed by atoms with Crippen molar-refractivity contribution in [2.45, 2.75) is 19.3 Å². The molecule has 4 heteroatoms. The van der Waals surface area contributed by atoms with E-state index >= 15 is 0 Å². The Morgan fingerprint density at radius 2 is 2.19 bits per heavy atom. The number of amidine groups is 1. The number of rotatable bonds is 2. The van der Waals surface area contributed by atoms with Gasteiger partial charge in [0.1, 0.15) is 11.6 Å². The molecule has 0 unspecified atom stereocenters. The fourth-order valence-corrected chi connectivity index (χ4v) is 2.32. The number of ether oxygens (including phenoxy) is 1. The summed E-state index contributed by atoms with van der Waals surface area (Å²) in [5.74, 6) is 1.51. The highest BCUT2D eigenvalue weighted by Gasteiger charge is 2.19. The van der Waals surface area contributed by atoms with Crippen molar-refractivity contribution in [3.63, 3.8) is 0 Å². The van der Waals surface area contributed by atoms with Crippen molar-refractivity contribution >= 4 is 27.5 Å². The van der Waals surface area contributed by atoms with Crippen LogP contribution in [0.2, 0.25) is 0 Å². The molecule has 16 heavy (non-hydrogen) atoms. The van der Waals surface area contributed by atoms with Gasteiger partial charge in [0.25, 0.3) is 0 Å². The lowest BCUT2D eigenvalue weighted by Gasteiger charge is -2.30. The van der Waals surface area contributed by atoms with Crippen LogP contribution >= 0.6 is 15.9 Å². The molecule has 1 N–H and O–H groups in total. The smallest absolute Gasteiger partial charge is 0.142 e. The minimum Gasteiger partial charge on any atom is -0.495 e. The molecule has 0 spiro atoms. The van der Waals surface area contributed by atoms with Gasteiger partial charge in [-0.1, -0.05) is 15.9 Å². The molecule has 2 rings (SSSR count). The first kappa shape index (κ1) is 11.5. The van der Waals surface area contributed by atoms with Gasteiger partial charge in [-0.05, 0) is 31.0 Å². The molecule has 1 heterocycles. The molecule has 0 atom stereocenters. The summed E-state index contributed by atoms with van der Waals surface area (Å²) in [5, 5.41) is 7.98. The third-order valence-electron chi connectivity index (χ3n) is 2.80. The predicted molar refractivity (Wildman–Crippen MR) is 69.6 cm³/mol. The number of anilines is 1. The van der Waals surface area contributed by atoms with Gasteiger partial charge >= 0.3 is 0 Å². The number of piperidine rings is 1. The highest BCUT2D eigenvalue weighted by molar-refractivity contribution is 9.10. The SMILES string of the molecule is COc1ccc(Br)cc1N1CCCCC1=N. The van der Waals surface area contributed by atoms with Gasteiger partial charge in [-0.15, -0.1) is 0 Å². The summed E-state index contributed by atoms with van der Waals surface area (Å²) >= 11 is 3.46. The summed E-state index contributed by atoms with van der Waals surface area (Å²) in [5.41, 5.74) is 0.988. The first-order valence-corrected chi connectivity index (χ1v) is 6.20. The first-order valence-electron chi connectivity index (χ1n) is 5.41. The van der Waals surface area contributed by atoms with E-state index in [4.69, 9.17) is 10.1 Å². The highest BCUT2D eigenvalue weighted by Crippen LogP contribution is 2.33. The zero-order valence-corrected chi connectivity index (χ0v) is 10.9. The number of methoxy groups -OCH3 is 1. The Morgan fingerprint density at radius 3 is 2.88 bits per heavy atom. The van der Waals surface area contributed by atoms with Gasteiger partial charge in [0.2, 0.25) is 0 Å². The lowest BCUT2D eigenvalue weighted by molar-refractivity contribution is 0.415. The Hall–Kier alpha value is -1.03. The summed E-state index contributed by atoms with van der Waals surface area (Å²) in [6, 6.07) is 5.90. The van der Waals surface area contributed by atoms with Crippen LogP contribution in [0.1, 0.15) is 19.3 Å². The van der Waals surface area contributed by atoms with Gasteiger partial charge in [0.15, 0.2) is 0 Å². The van der Waals surface area contributed by atoms with Crippen LogP contribution in [0.25, 0.3) is 0 Å². The zero-order valence-electron chi connectivity index (χ0n) is 9.29.